The van der Waals surface area contributed by atoms with Crippen molar-refractivity contribution in [3.8, 4) is 5.75 Å². The van der Waals surface area contributed by atoms with Gasteiger partial charge >= 0.3 is 0 Å². The smallest absolute Gasteiger partial charge is 0.276 e. The predicted molar refractivity (Wildman–Crippen MR) is 137 cm³/mol. The number of H-pyrrole nitrogens is 1. The highest BCUT2D eigenvalue weighted by Gasteiger charge is 2.25. The normalized spacial score (nSPS) is 19.2. The van der Waals surface area contributed by atoms with Gasteiger partial charge in [-0.25, -0.2) is 4.98 Å². The summed E-state index contributed by atoms with van der Waals surface area (Å²) >= 11 is 12.7. The molecular weight excluding hydrogens is 491 g/mol. The topological polar surface area (TPSA) is 105 Å². The Kier molecular flexibility index (Phi) is 6.90. The molecule has 0 aliphatic carbocycles. The molecule has 1 amide bonds. The van der Waals surface area contributed by atoms with Gasteiger partial charge in [0, 0.05) is 30.3 Å². The highest BCUT2D eigenvalue weighted by atomic mass is 35.5. The number of fused-ring (bicyclic) bond motifs is 1. The lowest BCUT2D eigenvalue weighted by atomic mass is 10.0. The first-order chi connectivity index (χ1) is 17.0. The number of morpholine rings is 1. The molecule has 2 unspecified atom stereocenters. The summed E-state index contributed by atoms with van der Waals surface area (Å²) in [4.78, 5) is 23.8. The molecule has 35 heavy (non-hydrogen) atoms. The Labute approximate surface area is 212 Å². The number of nitrogens with zero attached hydrogens (tertiary/aromatic N) is 4. The minimum atomic E-state index is -0.366. The first-order valence-corrected chi connectivity index (χ1v) is 12.1. The minimum absolute atomic E-state index is 0.257. The molecule has 182 valence electrons. The van der Waals surface area contributed by atoms with E-state index in [0.29, 0.717) is 47.1 Å². The number of aromatic nitrogens is 3. The summed E-state index contributed by atoms with van der Waals surface area (Å²) in [5.74, 6) is 1.07. The molecule has 0 radical (unpaired) electrons. The van der Waals surface area contributed by atoms with Gasteiger partial charge in [0.05, 0.1) is 47.6 Å². The molecule has 1 fully saturated rings. The molecule has 11 heteroatoms. The summed E-state index contributed by atoms with van der Waals surface area (Å²) < 4.78 is 11.5. The number of aromatic amines is 1. The van der Waals surface area contributed by atoms with Crippen molar-refractivity contribution in [3.05, 3.63) is 52.8 Å². The highest BCUT2D eigenvalue weighted by molar-refractivity contribution is 6.41. The quantitative estimate of drug-likeness (QED) is 0.481. The fraction of sp³-hybridized carbons (Fsp3) is 0.333. The standard InChI is InChI=1S/C24H24Cl2N6O3/c1-14(22-18(25)12-27-13-19(22)26)35-16-3-4-20-17(10-16)23(31-30-20)24(33)29-15-2-5-21(28-11-15)32-6-8-34-9-7-32/h2-5,10-12,14,19H,6-9,13H2,1H3,(H,29,33)(H,30,31). The molecule has 4 heterocycles. The van der Waals surface area contributed by atoms with Crippen LogP contribution >= 0.6 is 23.2 Å². The van der Waals surface area contributed by atoms with Crippen molar-refractivity contribution in [1.29, 1.82) is 0 Å². The van der Waals surface area contributed by atoms with E-state index in [4.69, 9.17) is 32.7 Å². The number of nitrogens with one attached hydrogen (secondary N) is 2. The van der Waals surface area contributed by atoms with Gasteiger partial charge in [0.2, 0.25) is 0 Å². The summed E-state index contributed by atoms with van der Waals surface area (Å²) in [6, 6.07) is 9.11. The van der Waals surface area contributed by atoms with Crippen LogP contribution in [0.4, 0.5) is 11.5 Å². The second-order valence-corrected chi connectivity index (χ2v) is 9.20. The van der Waals surface area contributed by atoms with E-state index in [0.717, 1.165) is 24.5 Å². The Bertz CT molecular complexity index is 1280. The molecule has 2 aliphatic rings. The number of carbonyl (C=O) groups is 1. The van der Waals surface area contributed by atoms with Crippen LogP contribution in [-0.4, -0.2) is 71.6 Å². The Morgan fingerprint density at radius 3 is 2.86 bits per heavy atom. The van der Waals surface area contributed by atoms with E-state index in [9.17, 15) is 4.79 Å². The Balaban J connectivity index is 1.31. The van der Waals surface area contributed by atoms with E-state index in [1.54, 1.807) is 18.5 Å². The molecular formula is C24H24Cl2N6O3. The van der Waals surface area contributed by atoms with Crippen LogP contribution in [0.1, 0.15) is 17.4 Å². The number of amides is 1. The molecule has 0 spiro atoms. The van der Waals surface area contributed by atoms with E-state index in [1.165, 1.54) is 0 Å². The number of aliphatic imine (C=N–C) groups is 1. The van der Waals surface area contributed by atoms with E-state index in [2.05, 4.69) is 30.4 Å². The van der Waals surface area contributed by atoms with Crippen molar-refractivity contribution >= 4 is 57.7 Å². The maximum absolute atomic E-state index is 13.0. The number of alkyl halides is 1. The van der Waals surface area contributed by atoms with Gasteiger partial charge in [0.1, 0.15) is 17.7 Å². The van der Waals surface area contributed by atoms with Crippen LogP contribution in [0.3, 0.4) is 0 Å². The number of hydrogen-bond donors (Lipinski definition) is 2. The summed E-state index contributed by atoms with van der Waals surface area (Å²) in [5.41, 5.74) is 2.33. The molecule has 2 N–H and O–H groups in total. The zero-order valence-electron chi connectivity index (χ0n) is 19.0. The third-order valence-electron chi connectivity index (χ3n) is 5.92. The fourth-order valence-corrected chi connectivity index (χ4v) is 4.92. The van der Waals surface area contributed by atoms with Gasteiger partial charge in [0.25, 0.3) is 5.91 Å². The third-order valence-corrected chi connectivity index (χ3v) is 6.61. The second kappa shape index (κ2) is 10.2. The van der Waals surface area contributed by atoms with Gasteiger partial charge in [0.15, 0.2) is 5.69 Å². The predicted octanol–water partition coefficient (Wildman–Crippen LogP) is 4.00. The van der Waals surface area contributed by atoms with Crippen LogP contribution in [0.2, 0.25) is 0 Å². The molecule has 3 aromatic rings. The Hall–Kier alpha value is -3.14. The van der Waals surface area contributed by atoms with E-state index >= 15 is 0 Å². The number of halogens is 2. The first-order valence-electron chi connectivity index (χ1n) is 11.3. The van der Waals surface area contributed by atoms with Crippen molar-refractivity contribution in [2.75, 3.05) is 43.1 Å². The molecule has 9 nitrogen and oxygen atoms in total. The lowest BCUT2D eigenvalue weighted by molar-refractivity contribution is 0.102. The van der Waals surface area contributed by atoms with Gasteiger partial charge in [-0.15, -0.1) is 11.6 Å². The molecule has 0 saturated carbocycles. The molecule has 2 aromatic heterocycles. The van der Waals surface area contributed by atoms with Crippen LogP contribution in [0, 0.1) is 0 Å². The van der Waals surface area contributed by atoms with Crippen LogP contribution in [-0.2, 0) is 4.74 Å². The van der Waals surface area contributed by atoms with Gasteiger partial charge in [-0.1, -0.05) is 11.6 Å². The van der Waals surface area contributed by atoms with Gasteiger partial charge < -0.3 is 19.7 Å². The molecule has 2 atom stereocenters. The SMILES string of the molecule is CC(Oc1ccc2[nH]nc(C(=O)Nc3ccc(N4CCOCC4)nc3)c2c1)C1=C(Cl)C=NCC1Cl. The molecule has 1 saturated heterocycles. The monoisotopic (exact) mass is 514 g/mol. The highest BCUT2D eigenvalue weighted by Crippen LogP contribution is 2.29. The summed E-state index contributed by atoms with van der Waals surface area (Å²) in [7, 11) is 0. The van der Waals surface area contributed by atoms with Crippen LogP contribution < -0.4 is 15.0 Å². The average Bonchev–Trinajstić information content (AvgIpc) is 3.28. The van der Waals surface area contributed by atoms with Crippen LogP contribution in [0.25, 0.3) is 10.9 Å². The zero-order chi connectivity index (χ0) is 24.4. The van der Waals surface area contributed by atoms with E-state index < -0.39 is 0 Å². The van der Waals surface area contributed by atoms with E-state index in [1.807, 2.05) is 31.2 Å². The number of carbonyl (C=O) groups excluding carboxylic acids is 1. The number of benzene rings is 1. The Morgan fingerprint density at radius 2 is 2.11 bits per heavy atom. The number of ether oxygens (including phenoxy) is 2. The van der Waals surface area contributed by atoms with Crippen LogP contribution in [0.15, 0.2) is 52.1 Å². The van der Waals surface area contributed by atoms with Crippen molar-refractivity contribution in [2.45, 2.75) is 18.4 Å². The van der Waals surface area contributed by atoms with Crippen molar-refractivity contribution in [2.24, 2.45) is 4.99 Å². The molecule has 5 rings (SSSR count). The average molecular weight is 515 g/mol. The lowest BCUT2D eigenvalue weighted by Crippen LogP contribution is -2.36. The van der Waals surface area contributed by atoms with Gasteiger partial charge in [-0.3, -0.25) is 14.9 Å². The largest absolute Gasteiger partial charge is 0.486 e. The molecule has 1 aromatic carbocycles. The number of anilines is 2. The summed E-state index contributed by atoms with van der Waals surface area (Å²) in [6.07, 6.45) is 2.87. The maximum atomic E-state index is 13.0. The van der Waals surface area contributed by atoms with Crippen LogP contribution in [0.5, 0.6) is 5.75 Å². The van der Waals surface area contributed by atoms with Gasteiger partial charge in [-0.05, 0) is 37.3 Å². The van der Waals surface area contributed by atoms with Crippen molar-refractivity contribution in [3.63, 3.8) is 0 Å². The maximum Gasteiger partial charge on any atom is 0.276 e. The lowest BCUT2D eigenvalue weighted by Gasteiger charge is -2.27. The number of dihydropyridines is 1. The Morgan fingerprint density at radius 1 is 1.29 bits per heavy atom. The summed E-state index contributed by atoms with van der Waals surface area (Å²) in [6.45, 7) is 5.29. The van der Waals surface area contributed by atoms with Crippen molar-refractivity contribution < 1.29 is 14.3 Å². The number of allylic oxidation sites excluding steroid dienone is 1. The third kappa shape index (κ3) is 5.12. The first kappa shape index (κ1) is 23.6. The summed E-state index contributed by atoms with van der Waals surface area (Å²) in [5, 5.41) is 10.8. The van der Waals surface area contributed by atoms with Crippen molar-refractivity contribution in [1.82, 2.24) is 15.2 Å². The minimum Gasteiger partial charge on any atom is -0.486 e. The molecule has 0 bridgehead atoms. The fourth-order valence-electron chi connectivity index (χ4n) is 4.13. The number of hydrogen-bond acceptors (Lipinski definition) is 7. The zero-order valence-corrected chi connectivity index (χ0v) is 20.5. The van der Waals surface area contributed by atoms with Gasteiger partial charge in [-0.2, -0.15) is 5.10 Å². The second-order valence-electron chi connectivity index (χ2n) is 8.26. The number of pyridine rings is 1. The molecule has 2 aliphatic heterocycles. The number of rotatable bonds is 6. The van der Waals surface area contributed by atoms with E-state index in [-0.39, 0.29) is 23.1 Å².